The minimum absolute atomic E-state index is 0.435. The molecule has 0 saturated heterocycles. The average molecular weight is 1060 g/mol. The van der Waals surface area contributed by atoms with Crippen molar-refractivity contribution in [2.75, 3.05) is 13.1 Å². The molecule has 0 bridgehead atoms. The van der Waals surface area contributed by atoms with Crippen molar-refractivity contribution in [2.24, 2.45) is 74.4 Å². The van der Waals surface area contributed by atoms with Gasteiger partial charge in [0, 0.05) is 6.54 Å². The Hall–Kier alpha value is -2.38. The SMILES string of the molecule is C=C(CC)CC1CCC2(C)C(CCC3(C)C2CCC2C4C(C)CCC4(CC(=C)CCCC)CCC23C)C1(C)C.C=CC.CC1CCC1.CCCC.CCCC(C)CCN(CCC)Cc1ccccc1.CCc1ccccc1. The lowest BCUT2D eigenvalue weighted by atomic mass is 9.31. The smallest absolute Gasteiger partial charge is 0.0233 e. The molecule has 2 aromatic rings. The zero-order chi connectivity index (χ0) is 57.3. The molecule has 2 aromatic carbocycles. The van der Waals surface area contributed by atoms with Gasteiger partial charge in [0.15, 0.2) is 0 Å². The Morgan fingerprint density at radius 2 is 1.25 bits per heavy atom. The van der Waals surface area contributed by atoms with Crippen LogP contribution in [0.4, 0.5) is 0 Å². The summed E-state index contributed by atoms with van der Waals surface area (Å²) in [6, 6.07) is 21.3. The van der Waals surface area contributed by atoms with Crippen LogP contribution in [0.25, 0.3) is 0 Å². The molecule has 0 N–H and O–H groups in total. The van der Waals surface area contributed by atoms with Gasteiger partial charge in [-0.2, -0.15) is 0 Å². The molecule has 6 saturated carbocycles. The molecule has 440 valence electrons. The van der Waals surface area contributed by atoms with Crippen LogP contribution >= 0.6 is 0 Å². The van der Waals surface area contributed by atoms with Crippen molar-refractivity contribution in [1.82, 2.24) is 4.90 Å². The molecule has 1 heteroatoms. The van der Waals surface area contributed by atoms with Gasteiger partial charge in [-0.25, -0.2) is 0 Å². The monoisotopic (exact) mass is 1060 g/mol. The number of unbranched alkanes of at least 4 members (excludes halogenated alkanes) is 2. The van der Waals surface area contributed by atoms with Gasteiger partial charge in [-0.15, -0.1) is 6.58 Å². The summed E-state index contributed by atoms with van der Waals surface area (Å²) in [6.07, 6.45) is 37.7. The summed E-state index contributed by atoms with van der Waals surface area (Å²) in [4.78, 5) is 2.60. The highest BCUT2D eigenvalue weighted by Gasteiger charge is 2.70. The van der Waals surface area contributed by atoms with Crippen molar-refractivity contribution in [3.8, 4) is 0 Å². The molecule has 0 spiro atoms. The molecular weight excluding hydrogens is 927 g/mol. The number of aryl methyl sites for hydroxylation is 1. The summed E-state index contributed by atoms with van der Waals surface area (Å²) in [5.74, 6) is 7.31. The Labute approximate surface area is 483 Å². The quantitative estimate of drug-likeness (QED) is 0.127. The van der Waals surface area contributed by atoms with Crippen LogP contribution in [0.5, 0.6) is 0 Å². The lowest BCUT2D eigenvalue weighted by Crippen LogP contribution is -2.66. The molecular formula is C76H131N. The standard InChI is InChI=1S/C39H66.C17H29N.C8H10.C5H10.C4H10.C3H6/c1-11-13-14-28(4)26-39-22-17-29(5)34(39)31-15-16-33-36(8)20-18-30(25-27(3)12-2)35(6,7)32(36)19-21-38(33,10)37(31,9)23-24-39;1-4-9-16(3)12-14-18(13-5-2)15-17-10-7-6-8-11-17;1-2-8-6-4-3-5-7-8;1-5-3-2-4-5;1-3-4-2;1-3-2/h29-34H,3-4,11-26H2,1-2,5-10H3;6-8,10-11,16H,4-5,9,12-15H2,1-3H3;3-7H,2H2,1H3;5H,2-4H2,1H3;3-4H2,1-2H3;3H,1H2,2H3. The molecule has 11 atom stereocenters. The molecule has 0 aromatic heterocycles. The van der Waals surface area contributed by atoms with Crippen molar-refractivity contribution < 1.29 is 0 Å². The Bertz CT molecular complexity index is 1900. The summed E-state index contributed by atoms with van der Waals surface area (Å²) in [7, 11) is 0. The van der Waals surface area contributed by atoms with Gasteiger partial charge < -0.3 is 0 Å². The predicted octanol–water partition coefficient (Wildman–Crippen LogP) is 24.0. The third-order valence-corrected chi connectivity index (χ3v) is 22.4. The highest BCUT2D eigenvalue weighted by atomic mass is 15.1. The molecule has 0 radical (unpaired) electrons. The summed E-state index contributed by atoms with van der Waals surface area (Å²) >= 11 is 0. The molecule has 77 heavy (non-hydrogen) atoms. The first kappa shape index (κ1) is 68.9. The van der Waals surface area contributed by atoms with Gasteiger partial charge in [-0.1, -0.05) is 246 Å². The van der Waals surface area contributed by atoms with Crippen molar-refractivity contribution in [3.05, 3.63) is 109 Å². The van der Waals surface area contributed by atoms with Crippen molar-refractivity contribution in [1.29, 1.82) is 0 Å². The second kappa shape index (κ2) is 34.2. The van der Waals surface area contributed by atoms with Gasteiger partial charge in [0.1, 0.15) is 0 Å². The summed E-state index contributed by atoms with van der Waals surface area (Å²) < 4.78 is 0. The van der Waals surface area contributed by atoms with Gasteiger partial charge >= 0.3 is 0 Å². The Morgan fingerprint density at radius 3 is 1.75 bits per heavy atom. The van der Waals surface area contributed by atoms with Crippen LogP contribution < -0.4 is 0 Å². The lowest BCUT2D eigenvalue weighted by Gasteiger charge is -2.73. The molecule has 0 amide bonds. The van der Waals surface area contributed by atoms with E-state index in [9.17, 15) is 0 Å². The topological polar surface area (TPSA) is 3.24 Å². The first-order valence-electron chi connectivity index (χ1n) is 33.4. The fraction of sp³-hybridized carbons (Fsp3) is 0.763. The van der Waals surface area contributed by atoms with Gasteiger partial charge in [0.05, 0.1) is 0 Å². The predicted molar refractivity (Wildman–Crippen MR) is 347 cm³/mol. The van der Waals surface area contributed by atoms with E-state index in [1.807, 2.05) is 13.0 Å². The zero-order valence-electron chi connectivity index (χ0n) is 54.5. The highest BCUT2D eigenvalue weighted by molar-refractivity contribution is 5.21. The minimum Gasteiger partial charge on any atom is -0.299 e. The Morgan fingerprint density at radius 1 is 0.636 bits per heavy atom. The largest absolute Gasteiger partial charge is 0.299 e. The molecule has 0 aliphatic heterocycles. The number of benzene rings is 2. The third kappa shape index (κ3) is 18.8. The molecule has 1 nitrogen and oxygen atoms in total. The number of nitrogens with zero attached hydrogens (tertiary/aromatic N) is 1. The maximum absolute atomic E-state index is 4.66. The number of hydrogen-bond acceptors (Lipinski definition) is 1. The molecule has 8 rings (SSSR count). The van der Waals surface area contributed by atoms with Crippen molar-refractivity contribution in [3.63, 3.8) is 0 Å². The van der Waals surface area contributed by atoms with E-state index in [4.69, 9.17) is 0 Å². The van der Waals surface area contributed by atoms with Crippen LogP contribution in [0.3, 0.4) is 0 Å². The van der Waals surface area contributed by atoms with Crippen LogP contribution in [0, 0.1) is 74.4 Å². The van der Waals surface area contributed by atoms with E-state index in [-0.39, 0.29) is 0 Å². The van der Waals surface area contributed by atoms with E-state index < -0.39 is 0 Å². The van der Waals surface area contributed by atoms with E-state index in [1.165, 1.54) is 184 Å². The van der Waals surface area contributed by atoms with Gasteiger partial charge in [-0.3, -0.25) is 4.90 Å². The van der Waals surface area contributed by atoms with E-state index in [0.717, 1.165) is 66.7 Å². The maximum atomic E-state index is 4.66. The first-order valence-corrected chi connectivity index (χ1v) is 33.4. The van der Waals surface area contributed by atoms with E-state index in [1.54, 1.807) is 11.6 Å². The zero-order valence-corrected chi connectivity index (χ0v) is 54.5. The first-order chi connectivity index (χ1) is 36.7. The third-order valence-electron chi connectivity index (χ3n) is 22.4. The molecule has 6 aliphatic rings. The van der Waals surface area contributed by atoms with E-state index in [0.29, 0.717) is 27.1 Å². The second-order valence-electron chi connectivity index (χ2n) is 28.2. The number of hydrogen-bond donors (Lipinski definition) is 0. The molecule has 11 unspecified atom stereocenters. The second-order valence-corrected chi connectivity index (χ2v) is 28.2. The average Bonchev–Trinajstić information content (AvgIpc) is 3.74. The van der Waals surface area contributed by atoms with E-state index in [2.05, 4.69) is 183 Å². The Balaban J connectivity index is 0.000000334. The number of fused-ring (bicyclic) bond motifs is 7. The summed E-state index contributed by atoms with van der Waals surface area (Å²) in [5, 5.41) is 0. The summed E-state index contributed by atoms with van der Waals surface area (Å²) in [6.45, 7) is 54.8. The lowest BCUT2D eigenvalue weighted by molar-refractivity contribution is -0.242. The Kier molecular flexibility index (Phi) is 30.6. The van der Waals surface area contributed by atoms with Crippen LogP contribution in [0.2, 0.25) is 0 Å². The number of rotatable bonds is 19. The van der Waals surface area contributed by atoms with Crippen LogP contribution in [-0.2, 0) is 13.0 Å². The van der Waals surface area contributed by atoms with Gasteiger partial charge in [-0.05, 0) is 221 Å². The fourth-order valence-electron chi connectivity index (χ4n) is 17.1. The van der Waals surface area contributed by atoms with E-state index >= 15 is 0 Å². The molecule has 0 heterocycles. The van der Waals surface area contributed by atoms with Gasteiger partial charge in [0.25, 0.3) is 0 Å². The van der Waals surface area contributed by atoms with Crippen molar-refractivity contribution >= 4 is 0 Å². The number of allylic oxidation sites excluding steroid dienone is 3. The molecule has 6 aliphatic carbocycles. The van der Waals surface area contributed by atoms with Crippen LogP contribution in [0.15, 0.2) is 97.6 Å². The normalized spacial score (nSPS) is 30.7. The minimum atomic E-state index is 0.435. The van der Waals surface area contributed by atoms with Crippen LogP contribution in [0.1, 0.15) is 282 Å². The van der Waals surface area contributed by atoms with Crippen molar-refractivity contribution in [2.45, 2.75) is 284 Å². The maximum Gasteiger partial charge on any atom is 0.0233 e. The molecule has 6 fully saturated rings. The summed E-state index contributed by atoms with van der Waals surface area (Å²) in [5.41, 5.74) is 8.45. The van der Waals surface area contributed by atoms with Crippen LogP contribution in [-0.4, -0.2) is 18.0 Å². The van der Waals surface area contributed by atoms with Gasteiger partial charge in [0.2, 0.25) is 0 Å². The highest BCUT2D eigenvalue weighted by Crippen LogP contribution is 2.78. The fourth-order valence-corrected chi connectivity index (χ4v) is 17.1.